The summed E-state index contributed by atoms with van der Waals surface area (Å²) < 4.78 is 0. The largest absolute Gasteiger partial charge is 0.308 e. The number of hydrogen-bond acceptors (Lipinski definition) is 5. The molecule has 19 heavy (non-hydrogen) atoms. The van der Waals surface area contributed by atoms with Gasteiger partial charge in [-0.2, -0.15) is 0 Å². The Morgan fingerprint density at radius 2 is 1.84 bits per heavy atom. The van der Waals surface area contributed by atoms with Gasteiger partial charge in [-0.05, 0) is 24.3 Å². The number of nitrogens with zero attached hydrogens (tertiary/aromatic N) is 2. The van der Waals surface area contributed by atoms with E-state index in [4.69, 9.17) is 10.8 Å². The van der Waals surface area contributed by atoms with E-state index in [-0.39, 0.29) is 0 Å². The zero-order valence-corrected chi connectivity index (χ0v) is 11.9. The fourth-order valence-electron chi connectivity index (χ4n) is 2.88. The van der Waals surface area contributed by atoms with Crippen LogP contribution in [0.1, 0.15) is 56.7 Å². The van der Waals surface area contributed by atoms with Crippen molar-refractivity contribution in [3.8, 4) is 0 Å². The number of nitrogen functional groups attached to an aromatic ring is 1. The molecule has 102 valence electrons. The third kappa shape index (κ3) is 2.72. The molecule has 0 unspecified atom stereocenters. The molecule has 3 N–H and O–H groups in total. The van der Waals surface area contributed by atoms with Crippen LogP contribution in [0.5, 0.6) is 0 Å². The molecular weight excluding hydrogens is 256 g/mol. The highest BCUT2D eigenvalue weighted by Crippen LogP contribution is 2.32. The molecule has 1 aliphatic rings. The van der Waals surface area contributed by atoms with Crippen molar-refractivity contribution in [1.82, 2.24) is 9.97 Å². The van der Waals surface area contributed by atoms with Gasteiger partial charge in [0.1, 0.15) is 10.7 Å². The van der Waals surface area contributed by atoms with E-state index in [0.717, 1.165) is 21.9 Å². The lowest BCUT2D eigenvalue weighted by Gasteiger charge is -2.19. The Bertz CT molecular complexity index is 543. The van der Waals surface area contributed by atoms with E-state index in [1.54, 1.807) is 11.3 Å². The first-order valence-electron chi connectivity index (χ1n) is 7.10. The average Bonchev–Trinajstić information content (AvgIpc) is 2.85. The Balaban J connectivity index is 1.93. The van der Waals surface area contributed by atoms with Gasteiger partial charge in [0.05, 0.1) is 5.39 Å². The van der Waals surface area contributed by atoms with Crippen LogP contribution in [-0.4, -0.2) is 9.97 Å². The van der Waals surface area contributed by atoms with Gasteiger partial charge < -0.3 is 5.43 Å². The van der Waals surface area contributed by atoms with Crippen LogP contribution in [-0.2, 0) is 0 Å². The van der Waals surface area contributed by atoms with Gasteiger partial charge in [-0.25, -0.2) is 15.8 Å². The topological polar surface area (TPSA) is 63.8 Å². The van der Waals surface area contributed by atoms with Crippen molar-refractivity contribution in [1.29, 1.82) is 0 Å². The van der Waals surface area contributed by atoms with E-state index < -0.39 is 0 Å². The van der Waals surface area contributed by atoms with E-state index >= 15 is 0 Å². The summed E-state index contributed by atoms with van der Waals surface area (Å²) in [5.41, 5.74) is 2.72. The van der Waals surface area contributed by atoms with E-state index in [1.165, 1.54) is 44.9 Å². The number of nitrogens with one attached hydrogen (secondary N) is 1. The van der Waals surface area contributed by atoms with Gasteiger partial charge in [-0.15, -0.1) is 11.3 Å². The van der Waals surface area contributed by atoms with Crippen LogP contribution >= 0.6 is 11.3 Å². The summed E-state index contributed by atoms with van der Waals surface area (Å²) in [5, 5.41) is 3.07. The number of anilines is 1. The number of fused-ring (bicyclic) bond motifs is 1. The van der Waals surface area contributed by atoms with E-state index in [0.29, 0.717) is 5.92 Å². The first-order chi connectivity index (χ1) is 9.38. The van der Waals surface area contributed by atoms with Crippen LogP contribution in [0.3, 0.4) is 0 Å². The summed E-state index contributed by atoms with van der Waals surface area (Å²) in [6.07, 6.45) is 9.08. The Morgan fingerprint density at radius 3 is 2.58 bits per heavy atom. The van der Waals surface area contributed by atoms with Gasteiger partial charge in [0, 0.05) is 5.92 Å². The van der Waals surface area contributed by atoms with Crippen LogP contribution < -0.4 is 11.3 Å². The summed E-state index contributed by atoms with van der Waals surface area (Å²) in [7, 11) is 0. The van der Waals surface area contributed by atoms with Crippen molar-refractivity contribution in [3.63, 3.8) is 0 Å². The standard InChI is InChI=1S/C14H20N4S/c15-18-13-11-8-9-19-14(11)17-12(16-13)10-6-4-2-1-3-5-7-10/h8-10H,1-7,15H2,(H,16,17,18). The summed E-state index contributed by atoms with van der Waals surface area (Å²) in [4.78, 5) is 10.4. The molecule has 2 aromatic heterocycles. The highest BCUT2D eigenvalue weighted by atomic mass is 32.1. The first kappa shape index (κ1) is 12.8. The molecule has 2 aromatic rings. The van der Waals surface area contributed by atoms with E-state index in [2.05, 4.69) is 10.4 Å². The first-order valence-corrected chi connectivity index (χ1v) is 7.98. The number of aromatic nitrogens is 2. The smallest absolute Gasteiger partial charge is 0.152 e. The predicted octanol–water partition coefficient (Wildman–Crippen LogP) is 3.80. The molecule has 3 rings (SSSR count). The Morgan fingerprint density at radius 1 is 1.11 bits per heavy atom. The molecule has 0 aromatic carbocycles. The maximum atomic E-state index is 5.59. The highest BCUT2D eigenvalue weighted by molar-refractivity contribution is 7.16. The molecule has 0 spiro atoms. The molecule has 1 aliphatic carbocycles. The van der Waals surface area contributed by atoms with Crippen molar-refractivity contribution >= 4 is 27.4 Å². The lowest BCUT2D eigenvalue weighted by atomic mass is 9.90. The minimum absolute atomic E-state index is 0.499. The molecule has 0 aliphatic heterocycles. The fourth-order valence-corrected chi connectivity index (χ4v) is 3.65. The van der Waals surface area contributed by atoms with Crippen LogP contribution in [0.15, 0.2) is 11.4 Å². The summed E-state index contributed by atoms with van der Waals surface area (Å²) in [5.74, 6) is 7.84. The molecule has 2 heterocycles. The number of hydrazine groups is 1. The molecule has 1 fully saturated rings. The number of nitrogens with two attached hydrogens (primary N) is 1. The number of thiophene rings is 1. The lowest BCUT2D eigenvalue weighted by molar-refractivity contribution is 0.443. The van der Waals surface area contributed by atoms with E-state index in [9.17, 15) is 0 Å². The lowest BCUT2D eigenvalue weighted by Crippen LogP contribution is -2.13. The predicted molar refractivity (Wildman–Crippen MR) is 80.3 cm³/mol. The Labute approximate surface area is 117 Å². The monoisotopic (exact) mass is 276 g/mol. The van der Waals surface area contributed by atoms with Crippen molar-refractivity contribution in [3.05, 3.63) is 17.3 Å². The second-order valence-corrected chi connectivity index (χ2v) is 6.15. The Hall–Kier alpha value is -1.20. The van der Waals surface area contributed by atoms with Gasteiger partial charge in [0.15, 0.2) is 5.82 Å². The van der Waals surface area contributed by atoms with Gasteiger partial charge in [-0.1, -0.05) is 32.1 Å². The third-order valence-electron chi connectivity index (χ3n) is 3.95. The fraction of sp³-hybridized carbons (Fsp3) is 0.571. The van der Waals surface area contributed by atoms with Crippen LogP contribution in [0, 0.1) is 0 Å². The minimum atomic E-state index is 0.499. The summed E-state index contributed by atoms with van der Waals surface area (Å²) in [6, 6.07) is 2.02. The molecule has 0 saturated heterocycles. The number of hydrogen-bond donors (Lipinski definition) is 2. The van der Waals surface area contributed by atoms with Gasteiger partial charge in [0.25, 0.3) is 0 Å². The molecular formula is C14H20N4S. The molecule has 0 bridgehead atoms. The van der Waals surface area contributed by atoms with Gasteiger partial charge in [0.2, 0.25) is 0 Å². The summed E-state index contributed by atoms with van der Waals surface area (Å²) in [6.45, 7) is 0. The molecule has 0 amide bonds. The van der Waals surface area contributed by atoms with E-state index in [1.807, 2.05) is 11.4 Å². The van der Waals surface area contributed by atoms with Crippen molar-refractivity contribution in [2.24, 2.45) is 5.84 Å². The van der Waals surface area contributed by atoms with Crippen LogP contribution in [0.25, 0.3) is 10.2 Å². The van der Waals surface area contributed by atoms with Gasteiger partial charge >= 0.3 is 0 Å². The SMILES string of the molecule is NNc1nc(C2CCCCCCC2)nc2sccc12. The normalized spacial score (nSPS) is 18.2. The van der Waals surface area contributed by atoms with Gasteiger partial charge in [-0.3, -0.25) is 0 Å². The molecule has 0 atom stereocenters. The summed E-state index contributed by atoms with van der Waals surface area (Å²) >= 11 is 1.66. The zero-order valence-electron chi connectivity index (χ0n) is 11.1. The van der Waals surface area contributed by atoms with Crippen molar-refractivity contribution in [2.75, 3.05) is 5.43 Å². The average molecular weight is 276 g/mol. The zero-order chi connectivity index (χ0) is 13.1. The van der Waals surface area contributed by atoms with Crippen molar-refractivity contribution in [2.45, 2.75) is 50.9 Å². The quantitative estimate of drug-likeness (QED) is 0.647. The highest BCUT2D eigenvalue weighted by Gasteiger charge is 2.18. The number of rotatable bonds is 2. The van der Waals surface area contributed by atoms with Crippen molar-refractivity contribution < 1.29 is 0 Å². The van der Waals surface area contributed by atoms with Crippen LogP contribution in [0.4, 0.5) is 5.82 Å². The van der Waals surface area contributed by atoms with Crippen LogP contribution in [0.2, 0.25) is 0 Å². The third-order valence-corrected chi connectivity index (χ3v) is 4.76. The second kappa shape index (κ2) is 5.84. The molecule has 0 radical (unpaired) electrons. The second-order valence-electron chi connectivity index (χ2n) is 5.26. The maximum Gasteiger partial charge on any atom is 0.152 e. The molecule has 5 heteroatoms. The minimum Gasteiger partial charge on any atom is -0.308 e. The molecule has 1 saturated carbocycles. The Kier molecular flexibility index (Phi) is 3.94. The maximum absolute atomic E-state index is 5.59. The molecule has 4 nitrogen and oxygen atoms in total.